The van der Waals surface area contributed by atoms with Crippen LogP contribution in [-0.2, 0) is 0 Å². The summed E-state index contributed by atoms with van der Waals surface area (Å²) in [6.45, 7) is 1.15. The van der Waals surface area contributed by atoms with Gasteiger partial charge in [-0.15, -0.1) is 0 Å². The largest absolute Gasteiger partial charge is 0.388 e. The zero-order chi connectivity index (χ0) is 13.4. The maximum Gasteiger partial charge on any atom is 0.122 e. The lowest BCUT2D eigenvalue weighted by atomic mass is 9.88. The van der Waals surface area contributed by atoms with Crippen LogP contribution >= 0.6 is 12.2 Å². The molecule has 102 valence electrons. The molecular formula is C15H21N3S. The molecule has 2 N–H and O–H groups in total. The third kappa shape index (κ3) is 2.59. The smallest absolute Gasteiger partial charge is 0.122 e. The second kappa shape index (κ2) is 5.08. The monoisotopic (exact) mass is 275 g/mol. The SMILES string of the molecule is CN(CC1CC2CCC1C2)c1ccc(C(N)=S)nc1. The van der Waals surface area contributed by atoms with Crippen LogP contribution in [0.1, 0.15) is 31.4 Å². The summed E-state index contributed by atoms with van der Waals surface area (Å²) >= 11 is 4.92. The molecular weight excluding hydrogens is 254 g/mol. The van der Waals surface area contributed by atoms with Gasteiger partial charge in [-0.1, -0.05) is 18.6 Å². The maximum absolute atomic E-state index is 5.57. The van der Waals surface area contributed by atoms with Crippen LogP contribution in [0.5, 0.6) is 0 Å². The topological polar surface area (TPSA) is 42.1 Å². The number of anilines is 1. The molecule has 0 aromatic carbocycles. The number of pyridine rings is 1. The summed E-state index contributed by atoms with van der Waals surface area (Å²) in [5.74, 6) is 2.86. The molecule has 1 aromatic rings. The molecule has 2 fully saturated rings. The zero-order valence-corrected chi connectivity index (χ0v) is 12.2. The number of aromatic nitrogens is 1. The van der Waals surface area contributed by atoms with E-state index < -0.39 is 0 Å². The Hall–Kier alpha value is -1.16. The molecule has 0 spiro atoms. The highest BCUT2D eigenvalue weighted by atomic mass is 32.1. The Morgan fingerprint density at radius 3 is 2.79 bits per heavy atom. The van der Waals surface area contributed by atoms with E-state index in [1.54, 1.807) is 0 Å². The van der Waals surface area contributed by atoms with Gasteiger partial charge in [-0.3, -0.25) is 4.98 Å². The minimum atomic E-state index is 0.363. The van der Waals surface area contributed by atoms with Gasteiger partial charge < -0.3 is 10.6 Å². The fourth-order valence-electron chi connectivity index (χ4n) is 3.81. The third-order valence-electron chi connectivity index (χ3n) is 4.83. The second-order valence-electron chi connectivity index (χ2n) is 6.08. The molecule has 2 aliphatic carbocycles. The van der Waals surface area contributed by atoms with E-state index in [0.29, 0.717) is 10.7 Å². The summed E-state index contributed by atoms with van der Waals surface area (Å²) in [6, 6.07) is 3.98. The number of thiocarbonyl (C=S) groups is 1. The Kier molecular flexibility index (Phi) is 3.44. The number of fused-ring (bicyclic) bond motifs is 2. The highest BCUT2D eigenvalue weighted by Gasteiger charge is 2.39. The Bertz CT molecular complexity index is 471. The molecule has 0 saturated heterocycles. The van der Waals surface area contributed by atoms with Crippen molar-refractivity contribution in [2.24, 2.45) is 23.5 Å². The summed E-state index contributed by atoms with van der Waals surface area (Å²) in [6.07, 6.45) is 7.68. The highest BCUT2D eigenvalue weighted by Crippen LogP contribution is 2.48. The van der Waals surface area contributed by atoms with Gasteiger partial charge in [0.25, 0.3) is 0 Å². The molecule has 3 atom stereocenters. The molecule has 3 rings (SSSR count). The van der Waals surface area contributed by atoms with E-state index in [0.717, 1.165) is 30.0 Å². The average Bonchev–Trinajstić information content (AvgIpc) is 3.01. The van der Waals surface area contributed by atoms with Gasteiger partial charge >= 0.3 is 0 Å². The van der Waals surface area contributed by atoms with Crippen LogP contribution < -0.4 is 10.6 Å². The maximum atomic E-state index is 5.57. The summed E-state index contributed by atoms with van der Waals surface area (Å²) in [7, 11) is 2.16. The fraction of sp³-hybridized carbons (Fsp3) is 0.600. The van der Waals surface area contributed by atoms with Gasteiger partial charge in [0.05, 0.1) is 17.6 Å². The lowest BCUT2D eigenvalue weighted by Gasteiger charge is -2.28. The van der Waals surface area contributed by atoms with E-state index in [-0.39, 0.29) is 0 Å². The van der Waals surface area contributed by atoms with E-state index >= 15 is 0 Å². The third-order valence-corrected chi connectivity index (χ3v) is 5.04. The zero-order valence-electron chi connectivity index (χ0n) is 11.4. The van der Waals surface area contributed by atoms with Crippen molar-refractivity contribution in [3.63, 3.8) is 0 Å². The van der Waals surface area contributed by atoms with Crippen molar-refractivity contribution in [3.05, 3.63) is 24.0 Å². The first-order valence-electron chi connectivity index (χ1n) is 7.10. The first-order valence-corrected chi connectivity index (χ1v) is 7.51. The molecule has 0 radical (unpaired) electrons. The van der Waals surface area contributed by atoms with Crippen molar-refractivity contribution < 1.29 is 0 Å². The first kappa shape index (κ1) is 12.9. The number of hydrogen-bond donors (Lipinski definition) is 1. The molecule has 2 aliphatic rings. The van der Waals surface area contributed by atoms with Crippen LogP contribution in [0.4, 0.5) is 5.69 Å². The Morgan fingerprint density at radius 1 is 1.42 bits per heavy atom. The minimum Gasteiger partial charge on any atom is -0.388 e. The van der Waals surface area contributed by atoms with E-state index in [4.69, 9.17) is 18.0 Å². The van der Waals surface area contributed by atoms with Crippen molar-refractivity contribution in [2.45, 2.75) is 25.7 Å². The van der Waals surface area contributed by atoms with Crippen molar-refractivity contribution in [1.29, 1.82) is 0 Å². The number of hydrogen-bond acceptors (Lipinski definition) is 3. The van der Waals surface area contributed by atoms with E-state index in [9.17, 15) is 0 Å². The predicted molar refractivity (Wildman–Crippen MR) is 82.3 cm³/mol. The standard InChI is InChI=1S/C15H21N3S/c1-18(9-12-7-10-2-3-11(12)6-10)13-4-5-14(15(16)19)17-8-13/h4-5,8,10-12H,2-3,6-7,9H2,1H3,(H2,16,19). The van der Waals surface area contributed by atoms with E-state index in [2.05, 4.69) is 23.0 Å². The summed E-state index contributed by atoms with van der Waals surface area (Å²) < 4.78 is 0. The number of rotatable bonds is 4. The van der Waals surface area contributed by atoms with Gasteiger partial charge in [0, 0.05) is 13.6 Å². The first-order chi connectivity index (χ1) is 9.13. The minimum absolute atomic E-state index is 0.363. The summed E-state index contributed by atoms with van der Waals surface area (Å²) in [5, 5.41) is 0. The fourth-order valence-corrected chi connectivity index (χ4v) is 3.94. The number of nitrogens with zero attached hydrogens (tertiary/aromatic N) is 2. The van der Waals surface area contributed by atoms with Crippen molar-refractivity contribution in [3.8, 4) is 0 Å². The Balaban J connectivity index is 1.63. The summed E-state index contributed by atoms with van der Waals surface area (Å²) in [5.41, 5.74) is 7.42. The lowest BCUT2D eigenvalue weighted by molar-refractivity contribution is 0.337. The second-order valence-corrected chi connectivity index (χ2v) is 6.52. The molecule has 3 nitrogen and oxygen atoms in total. The predicted octanol–water partition coefficient (Wildman–Crippen LogP) is 2.59. The lowest BCUT2D eigenvalue weighted by Crippen LogP contribution is -2.28. The van der Waals surface area contributed by atoms with Crippen molar-refractivity contribution >= 4 is 22.9 Å². The van der Waals surface area contributed by atoms with E-state index in [1.165, 1.54) is 25.7 Å². The van der Waals surface area contributed by atoms with Gasteiger partial charge in [0.1, 0.15) is 4.99 Å². The molecule has 19 heavy (non-hydrogen) atoms. The van der Waals surface area contributed by atoms with Gasteiger partial charge in [-0.2, -0.15) is 0 Å². The normalized spacial score (nSPS) is 28.6. The Morgan fingerprint density at radius 2 is 2.26 bits per heavy atom. The molecule has 0 amide bonds. The molecule has 2 bridgehead atoms. The molecule has 2 saturated carbocycles. The van der Waals surface area contributed by atoms with Crippen LogP contribution in [0, 0.1) is 17.8 Å². The quantitative estimate of drug-likeness (QED) is 0.858. The molecule has 4 heteroatoms. The van der Waals surface area contributed by atoms with Crippen molar-refractivity contribution in [1.82, 2.24) is 4.98 Å². The van der Waals surface area contributed by atoms with Crippen LogP contribution in [0.3, 0.4) is 0 Å². The van der Waals surface area contributed by atoms with E-state index in [1.807, 2.05) is 12.3 Å². The van der Waals surface area contributed by atoms with Gasteiger partial charge in [0.15, 0.2) is 0 Å². The van der Waals surface area contributed by atoms with Crippen molar-refractivity contribution in [2.75, 3.05) is 18.5 Å². The average molecular weight is 275 g/mol. The molecule has 1 aromatic heterocycles. The highest BCUT2D eigenvalue weighted by molar-refractivity contribution is 7.80. The number of nitrogens with two attached hydrogens (primary N) is 1. The van der Waals surface area contributed by atoms with Gasteiger partial charge in [-0.25, -0.2) is 0 Å². The van der Waals surface area contributed by atoms with Crippen LogP contribution in [-0.4, -0.2) is 23.6 Å². The van der Waals surface area contributed by atoms with Crippen LogP contribution in [0.15, 0.2) is 18.3 Å². The van der Waals surface area contributed by atoms with Gasteiger partial charge in [0.2, 0.25) is 0 Å². The molecule has 1 heterocycles. The van der Waals surface area contributed by atoms with Crippen LogP contribution in [0.25, 0.3) is 0 Å². The van der Waals surface area contributed by atoms with Crippen LogP contribution in [0.2, 0.25) is 0 Å². The summed E-state index contributed by atoms with van der Waals surface area (Å²) in [4.78, 5) is 7.00. The Labute approximate surface area is 120 Å². The molecule has 3 unspecified atom stereocenters. The van der Waals surface area contributed by atoms with Gasteiger partial charge in [-0.05, 0) is 49.1 Å². The molecule has 0 aliphatic heterocycles.